The number of nitrogens with two attached hydrogens (primary N) is 1. The molecular formula is C33H40N4O4. The minimum Gasteiger partial charge on any atom is -0.444 e. The van der Waals surface area contributed by atoms with Crippen molar-refractivity contribution in [3.63, 3.8) is 0 Å². The van der Waals surface area contributed by atoms with Gasteiger partial charge in [0, 0.05) is 52.4 Å². The predicted octanol–water partition coefficient (Wildman–Crippen LogP) is 5.57. The number of hydrogen-bond donors (Lipinski definition) is 2. The minimum absolute atomic E-state index is 0.0186. The molecule has 8 heteroatoms. The Morgan fingerprint density at radius 3 is 1.63 bits per heavy atom. The average molecular weight is 557 g/mol. The van der Waals surface area contributed by atoms with Crippen molar-refractivity contribution in [2.45, 2.75) is 39.5 Å². The van der Waals surface area contributed by atoms with Gasteiger partial charge in [0.05, 0.1) is 0 Å². The van der Waals surface area contributed by atoms with Gasteiger partial charge in [0.15, 0.2) is 0 Å². The van der Waals surface area contributed by atoms with Crippen LogP contribution in [0, 0.1) is 0 Å². The number of ether oxygens (including phenoxy) is 1. The van der Waals surface area contributed by atoms with Crippen molar-refractivity contribution in [3.05, 3.63) is 95.1 Å². The second kappa shape index (κ2) is 13.3. The second-order valence-electron chi connectivity index (χ2n) is 11.2. The minimum atomic E-state index is -0.524. The Bertz CT molecular complexity index is 1550. The number of hydrogen-bond acceptors (Lipinski definition) is 5. The number of nitrogens with one attached hydrogen (secondary N) is 1. The van der Waals surface area contributed by atoms with Crippen LogP contribution in [0.1, 0.15) is 52.6 Å². The number of fused-ring (bicyclic) bond motifs is 2. The lowest BCUT2D eigenvalue weighted by molar-refractivity contribution is 0.0523. The molecule has 0 atom stereocenters. The Labute approximate surface area is 242 Å². The summed E-state index contributed by atoms with van der Waals surface area (Å²) >= 11 is 0. The third-order valence-electron chi connectivity index (χ3n) is 6.29. The standard InChI is InChI=1S/C19H24N2O3.C14H16N2O/c1-19(2,3)24-18(23)20-12-15-8-6-7-13-11-14(9-10-16(13)15)17(22)21(4)5;1-16(2)14(17)11-6-7-13-10(8-11)4-3-5-12(13)9-15/h6-11H,12H2,1-5H3,(H,20,23);3-8H,9,15H2,1-2H3. The lowest BCUT2D eigenvalue weighted by Crippen LogP contribution is -2.32. The molecule has 3 amide bonds. The lowest BCUT2D eigenvalue weighted by Gasteiger charge is -2.20. The first-order valence-corrected chi connectivity index (χ1v) is 13.4. The molecule has 216 valence electrons. The normalized spacial score (nSPS) is 10.9. The van der Waals surface area contributed by atoms with Crippen LogP contribution in [0.4, 0.5) is 4.79 Å². The van der Waals surface area contributed by atoms with E-state index in [2.05, 4.69) is 5.32 Å². The first-order chi connectivity index (χ1) is 19.3. The molecule has 0 aliphatic rings. The summed E-state index contributed by atoms with van der Waals surface area (Å²) in [6, 6.07) is 23.1. The van der Waals surface area contributed by atoms with Gasteiger partial charge in [-0.15, -0.1) is 0 Å². The summed E-state index contributed by atoms with van der Waals surface area (Å²) in [7, 11) is 6.97. The Kier molecular flexibility index (Phi) is 10.1. The van der Waals surface area contributed by atoms with Gasteiger partial charge in [0.25, 0.3) is 11.8 Å². The Balaban J connectivity index is 0.000000239. The van der Waals surface area contributed by atoms with E-state index in [1.165, 1.54) is 0 Å². The molecule has 8 nitrogen and oxygen atoms in total. The summed E-state index contributed by atoms with van der Waals surface area (Å²) in [6.45, 7) is 6.36. The van der Waals surface area contributed by atoms with Crippen LogP contribution in [0.25, 0.3) is 21.5 Å². The number of amides is 3. The number of carbonyl (C=O) groups excluding carboxylic acids is 3. The highest BCUT2D eigenvalue weighted by molar-refractivity contribution is 6.00. The number of benzene rings is 4. The fourth-order valence-corrected chi connectivity index (χ4v) is 4.30. The maximum atomic E-state index is 12.1. The van der Waals surface area contributed by atoms with Crippen molar-refractivity contribution in [1.29, 1.82) is 0 Å². The third kappa shape index (κ3) is 8.28. The summed E-state index contributed by atoms with van der Waals surface area (Å²) < 4.78 is 5.25. The van der Waals surface area contributed by atoms with E-state index in [0.717, 1.165) is 32.7 Å². The molecule has 4 rings (SSSR count). The smallest absolute Gasteiger partial charge is 0.407 e. The zero-order chi connectivity index (χ0) is 30.3. The topological polar surface area (TPSA) is 105 Å². The van der Waals surface area contributed by atoms with E-state index >= 15 is 0 Å². The number of rotatable bonds is 5. The van der Waals surface area contributed by atoms with E-state index in [1.54, 1.807) is 38.0 Å². The van der Waals surface area contributed by atoms with Gasteiger partial charge in [-0.3, -0.25) is 9.59 Å². The highest BCUT2D eigenvalue weighted by Crippen LogP contribution is 2.22. The summed E-state index contributed by atoms with van der Waals surface area (Å²) in [5.74, 6) is -0.0146. The van der Waals surface area contributed by atoms with Gasteiger partial charge in [-0.25, -0.2) is 4.79 Å². The number of nitrogens with zero attached hydrogens (tertiary/aromatic N) is 2. The average Bonchev–Trinajstić information content (AvgIpc) is 2.93. The van der Waals surface area contributed by atoms with Crippen LogP contribution in [0.15, 0.2) is 72.8 Å². The fourth-order valence-electron chi connectivity index (χ4n) is 4.30. The van der Waals surface area contributed by atoms with E-state index in [9.17, 15) is 14.4 Å². The zero-order valence-corrected chi connectivity index (χ0v) is 24.9. The van der Waals surface area contributed by atoms with E-state index in [0.29, 0.717) is 24.2 Å². The predicted molar refractivity (Wildman–Crippen MR) is 165 cm³/mol. The van der Waals surface area contributed by atoms with Crippen LogP contribution in [-0.4, -0.2) is 61.5 Å². The van der Waals surface area contributed by atoms with Crippen LogP contribution in [0.5, 0.6) is 0 Å². The van der Waals surface area contributed by atoms with E-state index in [1.807, 2.05) is 93.6 Å². The van der Waals surface area contributed by atoms with Crippen LogP contribution >= 0.6 is 0 Å². The van der Waals surface area contributed by atoms with Gasteiger partial charge in [0.1, 0.15) is 5.60 Å². The van der Waals surface area contributed by atoms with Gasteiger partial charge < -0.3 is 25.6 Å². The molecule has 0 radical (unpaired) electrons. The highest BCUT2D eigenvalue weighted by Gasteiger charge is 2.16. The van der Waals surface area contributed by atoms with Crippen LogP contribution < -0.4 is 11.1 Å². The Morgan fingerprint density at radius 1 is 0.732 bits per heavy atom. The molecule has 4 aromatic rings. The first kappa shape index (κ1) is 31.1. The third-order valence-corrected chi connectivity index (χ3v) is 6.29. The molecular weight excluding hydrogens is 516 g/mol. The van der Waals surface area contributed by atoms with Gasteiger partial charge in [0.2, 0.25) is 0 Å². The van der Waals surface area contributed by atoms with Crippen LogP contribution in [0.2, 0.25) is 0 Å². The highest BCUT2D eigenvalue weighted by atomic mass is 16.6. The molecule has 0 unspecified atom stereocenters. The summed E-state index contributed by atoms with van der Waals surface area (Å²) in [5.41, 5.74) is 8.59. The molecule has 0 spiro atoms. The molecule has 0 bridgehead atoms. The molecule has 41 heavy (non-hydrogen) atoms. The summed E-state index contributed by atoms with van der Waals surface area (Å²) in [5, 5.41) is 6.91. The van der Waals surface area contributed by atoms with Crippen molar-refractivity contribution in [2.24, 2.45) is 5.73 Å². The number of alkyl carbamates (subject to hydrolysis) is 1. The van der Waals surface area contributed by atoms with Crippen molar-refractivity contribution >= 4 is 39.5 Å². The first-order valence-electron chi connectivity index (χ1n) is 13.4. The van der Waals surface area contributed by atoms with Gasteiger partial charge >= 0.3 is 6.09 Å². The number of carbonyl (C=O) groups is 3. The van der Waals surface area contributed by atoms with Crippen molar-refractivity contribution in [2.75, 3.05) is 28.2 Å². The molecule has 0 aromatic heterocycles. The van der Waals surface area contributed by atoms with Crippen LogP contribution in [0.3, 0.4) is 0 Å². The zero-order valence-electron chi connectivity index (χ0n) is 24.9. The molecule has 0 aliphatic heterocycles. The van der Waals surface area contributed by atoms with Gasteiger partial charge in [-0.2, -0.15) is 0 Å². The van der Waals surface area contributed by atoms with Gasteiger partial charge in [-0.1, -0.05) is 48.5 Å². The summed E-state index contributed by atoms with van der Waals surface area (Å²) in [6.07, 6.45) is -0.445. The fraction of sp³-hybridized carbons (Fsp3) is 0.303. The Morgan fingerprint density at radius 2 is 1.20 bits per heavy atom. The van der Waals surface area contributed by atoms with Crippen molar-refractivity contribution in [3.8, 4) is 0 Å². The summed E-state index contributed by atoms with van der Waals surface area (Å²) in [4.78, 5) is 38.8. The Hall–Kier alpha value is -4.43. The maximum absolute atomic E-state index is 12.1. The van der Waals surface area contributed by atoms with Crippen LogP contribution in [-0.2, 0) is 17.8 Å². The van der Waals surface area contributed by atoms with E-state index in [-0.39, 0.29) is 11.8 Å². The monoisotopic (exact) mass is 556 g/mol. The molecule has 0 fully saturated rings. The lowest BCUT2D eigenvalue weighted by atomic mass is 10.0. The van der Waals surface area contributed by atoms with Gasteiger partial charge in [-0.05, 0) is 77.7 Å². The SMILES string of the molecule is CN(C)C(=O)c1ccc2c(CN)cccc2c1.CN(C)C(=O)c1ccc2c(CNC(=O)OC(C)(C)C)cccc2c1. The largest absolute Gasteiger partial charge is 0.444 e. The molecule has 0 saturated carbocycles. The van der Waals surface area contributed by atoms with E-state index in [4.69, 9.17) is 10.5 Å². The molecule has 0 heterocycles. The molecule has 3 N–H and O–H groups in total. The van der Waals surface area contributed by atoms with Crippen molar-refractivity contribution < 1.29 is 19.1 Å². The quantitative estimate of drug-likeness (QED) is 0.335. The molecule has 0 saturated heterocycles. The molecule has 4 aromatic carbocycles. The van der Waals surface area contributed by atoms with Crippen molar-refractivity contribution in [1.82, 2.24) is 15.1 Å². The second-order valence-corrected chi connectivity index (χ2v) is 11.2. The maximum Gasteiger partial charge on any atom is 0.407 e. The van der Waals surface area contributed by atoms with E-state index < -0.39 is 11.7 Å². The molecule has 0 aliphatic carbocycles.